The third-order valence-electron chi connectivity index (χ3n) is 4.77. The lowest BCUT2D eigenvalue weighted by Gasteiger charge is -2.23. The lowest BCUT2D eigenvalue weighted by molar-refractivity contribution is -0.116. The van der Waals surface area contributed by atoms with Crippen molar-refractivity contribution < 1.29 is 9.18 Å². The van der Waals surface area contributed by atoms with Crippen molar-refractivity contribution in [2.45, 2.75) is 19.8 Å². The first-order valence-electron chi connectivity index (χ1n) is 9.70. The number of hydrogen-bond donors (Lipinski definition) is 2. The summed E-state index contributed by atoms with van der Waals surface area (Å²) in [6.07, 6.45) is 11.6. The van der Waals surface area contributed by atoms with Crippen LogP contribution in [0.25, 0.3) is 0 Å². The number of hydrogen-bond acceptors (Lipinski definition) is 3. The fourth-order valence-corrected chi connectivity index (χ4v) is 3.27. The van der Waals surface area contributed by atoms with Crippen molar-refractivity contribution in [3.63, 3.8) is 0 Å². The summed E-state index contributed by atoms with van der Waals surface area (Å²) < 4.78 is 13.7. The van der Waals surface area contributed by atoms with E-state index in [4.69, 9.17) is 0 Å². The van der Waals surface area contributed by atoms with Crippen molar-refractivity contribution in [1.29, 1.82) is 0 Å². The summed E-state index contributed by atoms with van der Waals surface area (Å²) in [6.45, 7) is 11.4. The number of halogens is 1. The van der Waals surface area contributed by atoms with Gasteiger partial charge in [-0.05, 0) is 67.0 Å². The molecule has 5 heteroatoms. The molecule has 0 spiro atoms. The monoisotopic (exact) mass is 391 g/mol. The van der Waals surface area contributed by atoms with Crippen LogP contribution in [-0.4, -0.2) is 23.9 Å². The first-order valence-corrected chi connectivity index (χ1v) is 9.70. The van der Waals surface area contributed by atoms with Gasteiger partial charge in [-0.3, -0.25) is 4.79 Å². The molecule has 1 aromatic rings. The number of rotatable bonds is 5. The van der Waals surface area contributed by atoms with E-state index < -0.39 is 0 Å². The van der Waals surface area contributed by atoms with Gasteiger partial charge in [0.2, 0.25) is 5.91 Å². The van der Waals surface area contributed by atoms with E-state index in [1.54, 1.807) is 6.08 Å². The zero-order valence-electron chi connectivity index (χ0n) is 16.7. The Balaban J connectivity index is 1.73. The first-order chi connectivity index (χ1) is 13.9. The van der Waals surface area contributed by atoms with E-state index in [-0.39, 0.29) is 11.7 Å². The number of allylic oxidation sites excluding steroid dienone is 7. The predicted molar refractivity (Wildman–Crippen MR) is 118 cm³/mol. The minimum Gasteiger partial charge on any atom is -0.368 e. The maximum Gasteiger partial charge on any atom is 0.224 e. The van der Waals surface area contributed by atoms with Crippen LogP contribution in [0.3, 0.4) is 0 Å². The van der Waals surface area contributed by atoms with Crippen molar-refractivity contribution >= 4 is 17.3 Å². The number of anilines is 2. The molecule has 0 bridgehead atoms. The Labute approximate surface area is 171 Å². The number of nitrogens with one attached hydrogen (secondary N) is 2. The summed E-state index contributed by atoms with van der Waals surface area (Å²) in [4.78, 5) is 13.7. The molecule has 1 aromatic carbocycles. The molecule has 2 heterocycles. The molecule has 3 rings (SSSR count). The molecule has 4 nitrogen and oxygen atoms in total. The Bertz CT molecular complexity index is 953. The van der Waals surface area contributed by atoms with Crippen LogP contribution < -0.4 is 10.6 Å². The van der Waals surface area contributed by atoms with E-state index in [2.05, 4.69) is 35.6 Å². The molecule has 1 amide bonds. The molecule has 2 aliphatic rings. The van der Waals surface area contributed by atoms with Crippen molar-refractivity contribution in [3.8, 4) is 0 Å². The van der Waals surface area contributed by atoms with Gasteiger partial charge in [-0.2, -0.15) is 0 Å². The highest BCUT2D eigenvalue weighted by molar-refractivity contribution is 5.94. The van der Waals surface area contributed by atoms with Gasteiger partial charge >= 0.3 is 0 Å². The summed E-state index contributed by atoms with van der Waals surface area (Å²) >= 11 is 0. The summed E-state index contributed by atoms with van der Waals surface area (Å²) in [6, 6.07) is 5.92. The second-order valence-electron chi connectivity index (χ2n) is 7.02. The number of benzene rings is 1. The lowest BCUT2D eigenvalue weighted by Crippen LogP contribution is -2.22. The minimum absolute atomic E-state index is 0.0416. The van der Waals surface area contributed by atoms with Crippen molar-refractivity contribution in [3.05, 3.63) is 96.2 Å². The van der Waals surface area contributed by atoms with Gasteiger partial charge in [0.05, 0.1) is 0 Å². The van der Waals surface area contributed by atoms with Crippen molar-refractivity contribution in [1.82, 2.24) is 4.90 Å². The van der Waals surface area contributed by atoms with Crippen LogP contribution in [0.1, 0.15) is 18.9 Å². The number of carbonyl (C=O) groups is 1. The Morgan fingerprint density at radius 1 is 1.34 bits per heavy atom. The fourth-order valence-electron chi connectivity index (χ4n) is 3.27. The van der Waals surface area contributed by atoms with Gasteiger partial charge < -0.3 is 15.5 Å². The van der Waals surface area contributed by atoms with Crippen LogP contribution in [0.2, 0.25) is 0 Å². The number of likely N-dealkylation sites (N-methyl/N-ethyl adjacent to an activating group) is 1. The van der Waals surface area contributed by atoms with Gasteiger partial charge in [-0.15, -0.1) is 0 Å². The molecule has 0 fully saturated rings. The number of carbonyl (C=O) groups excluding carboxylic acids is 1. The maximum absolute atomic E-state index is 13.7. The highest BCUT2D eigenvalue weighted by Crippen LogP contribution is 2.26. The van der Waals surface area contributed by atoms with Crippen molar-refractivity contribution in [2.24, 2.45) is 0 Å². The molecule has 29 heavy (non-hydrogen) atoms. The molecule has 0 unspecified atom stereocenters. The zero-order valence-corrected chi connectivity index (χ0v) is 16.7. The quantitative estimate of drug-likeness (QED) is 0.675. The molecule has 0 aromatic heterocycles. The maximum atomic E-state index is 13.7. The third kappa shape index (κ3) is 5.57. The molecular formula is C24H26FN3O. The van der Waals surface area contributed by atoms with Gasteiger partial charge in [0, 0.05) is 42.3 Å². The normalized spacial score (nSPS) is 21.7. The van der Waals surface area contributed by atoms with Crippen LogP contribution in [0.15, 0.2) is 90.6 Å². The van der Waals surface area contributed by atoms with E-state index in [0.29, 0.717) is 24.2 Å². The smallest absolute Gasteiger partial charge is 0.224 e. The van der Waals surface area contributed by atoms with E-state index in [0.717, 1.165) is 35.6 Å². The Hall–Kier alpha value is -3.34. The van der Waals surface area contributed by atoms with Gasteiger partial charge in [-0.25, -0.2) is 4.39 Å². The number of amides is 1. The van der Waals surface area contributed by atoms with E-state index >= 15 is 0 Å². The molecular weight excluding hydrogens is 365 g/mol. The summed E-state index contributed by atoms with van der Waals surface area (Å²) in [7, 11) is 0. The molecule has 0 aliphatic carbocycles. The number of aryl methyl sites for hydroxylation is 1. The van der Waals surface area contributed by atoms with E-state index in [1.807, 2.05) is 36.4 Å². The molecule has 0 atom stereocenters. The number of nitrogens with zero attached hydrogens (tertiary/aromatic N) is 1. The average molecular weight is 391 g/mol. The van der Waals surface area contributed by atoms with Gasteiger partial charge in [0.25, 0.3) is 0 Å². The highest BCUT2D eigenvalue weighted by Gasteiger charge is 2.14. The topological polar surface area (TPSA) is 44.4 Å². The summed E-state index contributed by atoms with van der Waals surface area (Å²) in [5, 5.41) is 6.15. The van der Waals surface area contributed by atoms with Gasteiger partial charge in [0.15, 0.2) is 0 Å². The van der Waals surface area contributed by atoms with Crippen LogP contribution >= 0.6 is 0 Å². The summed E-state index contributed by atoms with van der Waals surface area (Å²) in [5.41, 5.74) is 5.05. The molecule has 2 N–H and O–H groups in total. The van der Waals surface area contributed by atoms with Crippen LogP contribution in [0.4, 0.5) is 15.8 Å². The third-order valence-corrected chi connectivity index (χ3v) is 4.77. The molecule has 2 aliphatic heterocycles. The van der Waals surface area contributed by atoms with E-state index in [1.165, 1.54) is 12.2 Å². The zero-order chi connectivity index (χ0) is 20.8. The molecule has 0 saturated carbocycles. The standard InChI is InChI=1S/C24H26FN3O/c1-4-28-13-5-6-20(25)14-17(2)15-22(28)11-7-18(3)26-21-10-8-19-9-12-24(29)27-23(19)16-21/h5-8,10-11,14-16,26H,2-4,9,12-13H2,1H3,(H,27,29)/b6-5-,11-7+,20-14+,22-15-. The second kappa shape index (κ2) is 9.24. The van der Waals surface area contributed by atoms with Crippen LogP contribution in [0.5, 0.6) is 0 Å². The van der Waals surface area contributed by atoms with Gasteiger partial charge in [-0.1, -0.05) is 25.3 Å². The van der Waals surface area contributed by atoms with Crippen molar-refractivity contribution in [2.75, 3.05) is 23.7 Å². The van der Waals surface area contributed by atoms with Crippen LogP contribution in [-0.2, 0) is 11.2 Å². The molecule has 150 valence electrons. The van der Waals surface area contributed by atoms with E-state index in [9.17, 15) is 9.18 Å². The van der Waals surface area contributed by atoms with Gasteiger partial charge in [0.1, 0.15) is 5.83 Å². The fraction of sp³-hybridized carbons (Fsp3) is 0.208. The Morgan fingerprint density at radius 2 is 2.17 bits per heavy atom. The molecule has 0 saturated heterocycles. The minimum atomic E-state index is -0.307. The SMILES string of the molecule is C=C1/C=C(/C=C/C(=C)Nc2ccc3c(c2)NC(=O)CC3)N(CC)C/C=C\C(F)=C/1. The van der Waals surface area contributed by atoms with Crippen LogP contribution in [0, 0.1) is 0 Å². The average Bonchev–Trinajstić information content (AvgIpc) is 2.74. The Kier molecular flexibility index (Phi) is 6.50. The first kappa shape index (κ1) is 20.4. The lowest BCUT2D eigenvalue weighted by atomic mass is 10.0. The number of fused-ring (bicyclic) bond motifs is 1. The second-order valence-corrected chi connectivity index (χ2v) is 7.02. The largest absolute Gasteiger partial charge is 0.368 e. The highest BCUT2D eigenvalue weighted by atomic mass is 19.1. The molecule has 0 radical (unpaired) electrons. The summed E-state index contributed by atoms with van der Waals surface area (Å²) in [5.74, 6) is -0.266. The Morgan fingerprint density at radius 3 is 2.97 bits per heavy atom. The predicted octanol–water partition coefficient (Wildman–Crippen LogP) is 5.24.